The van der Waals surface area contributed by atoms with Crippen LogP contribution in [0.3, 0.4) is 0 Å². The summed E-state index contributed by atoms with van der Waals surface area (Å²) in [6.07, 6.45) is 3.69. The predicted molar refractivity (Wildman–Crippen MR) is 43.1 cm³/mol. The van der Waals surface area contributed by atoms with Crippen molar-refractivity contribution in [3.8, 4) is 0 Å². The van der Waals surface area contributed by atoms with E-state index >= 15 is 0 Å². The first-order chi connectivity index (χ1) is 3.89. The van der Waals surface area contributed by atoms with Crippen molar-refractivity contribution in [2.45, 2.75) is 19.3 Å². The van der Waals surface area contributed by atoms with Crippen LogP contribution in [-0.4, -0.2) is 13.1 Å². The molecule has 1 fully saturated rings. The summed E-state index contributed by atoms with van der Waals surface area (Å²) >= 11 is 0. The fraction of sp³-hybridized carbons (Fsp3) is 0.714. The molecule has 0 saturated carbocycles. The highest BCUT2D eigenvalue weighted by atomic mass is 35.5. The maximum absolute atomic E-state index is 3.93. The normalized spacial score (nSPS) is 20.2. The van der Waals surface area contributed by atoms with Gasteiger partial charge < -0.3 is 5.32 Å². The van der Waals surface area contributed by atoms with E-state index in [2.05, 4.69) is 11.9 Å². The van der Waals surface area contributed by atoms with E-state index in [9.17, 15) is 0 Å². The largest absolute Gasteiger partial charge is 0.316 e. The molecule has 0 aromatic heterocycles. The van der Waals surface area contributed by atoms with Crippen molar-refractivity contribution in [2.24, 2.45) is 0 Å². The van der Waals surface area contributed by atoms with Crippen LogP contribution in [0.5, 0.6) is 0 Å². The van der Waals surface area contributed by atoms with Crippen LogP contribution in [0, 0.1) is 0 Å². The highest BCUT2D eigenvalue weighted by Crippen LogP contribution is 2.07. The second kappa shape index (κ2) is 4.83. The van der Waals surface area contributed by atoms with E-state index in [1.807, 2.05) is 0 Å². The number of hydrogen-bond acceptors (Lipinski definition) is 1. The summed E-state index contributed by atoms with van der Waals surface area (Å²) < 4.78 is 0. The van der Waals surface area contributed by atoms with Crippen LogP contribution in [0.25, 0.3) is 0 Å². The first-order valence-corrected chi connectivity index (χ1v) is 3.27. The Morgan fingerprint density at radius 2 is 2.00 bits per heavy atom. The van der Waals surface area contributed by atoms with Crippen molar-refractivity contribution >= 4 is 12.4 Å². The topological polar surface area (TPSA) is 12.0 Å². The molecule has 1 aliphatic heterocycles. The Balaban J connectivity index is 0.000000640. The van der Waals surface area contributed by atoms with E-state index in [4.69, 9.17) is 0 Å². The third kappa shape index (κ3) is 3.55. The molecule has 0 bridgehead atoms. The van der Waals surface area contributed by atoms with Crippen molar-refractivity contribution in [1.82, 2.24) is 5.32 Å². The Bertz CT molecular complexity index is 80.9. The summed E-state index contributed by atoms with van der Waals surface area (Å²) in [6, 6.07) is 0. The summed E-state index contributed by atoms with van der Waals surface area (Å²) in [5, 5.41) is 3.32. The number of nitrogens with one attached hydrogen (secondary N) is 1. The number of hydrogen-bond donors (Lipinski definition) is 1. The van der Waals surface area contributed by atoms with Crippen LogP contribution in [0.4, 0.5) is 0 Å². The summed E-state index contributed by atoms with van der Waals surface area (Å²) in [5.74, 6) is 0. The first kappa shape index (κ1) is 8.99. The predicted octanol–water partition coefficient (Wildman–Crippen LogP) is 1.74. The molecular weight excluding hydrogens is 134 g/mol. The van der Waals surface area contributed by atoms with Crippen molar-refractivity contribution < 1.29 is 0 Å². The molecule has 9 heavy (non-hydrogen) atoms. The van der Waals surface area contributed by atoms with Crippen LogP contribution in [0.15, 0.2) is 12.2 Å². The molecule has 0 aromatic rings. The lowest BCUT2D eigenvalue weighted by Gasteiger charge is -1.94. The molecule has 1 nitrogen and oxygen atoms in total. The molecule has 1 N–H and O–H groups in total. The third-order valence-electron chi connectivity index (χ3n) is 1.54. The van der Waals surface area contributed by atoms with E-state index in [0.29, 0.717) is 0 Å². The molecule has 0 unspecified atom stereocenters. The zero-order chi connectivity index (χ0) is 5.82. The van der Waals surface area contributed by atoms with E-state index in [-0.39, 0.29) is 12.4 Å². The quantitative estimate of drug-likeness (QED) is 0.515. The molecule has 1 rings (SSSR count). The highest BCUT2D eigenvalue weighted by Gasteiger charge is 1.98. The molecule has 1 heterocycles. The van der Waals surface area contributed by atoms with E-state index in [1.165, 1.54) is 31.4 Å². The summed E-state index contributed by atoms with van der Waals surface area (Å²) in [7, 11) is 0. The molecular formula is C7H14ClN. The molecule has 0 aromatic carbocycles. The summed E-state index contributed by atoms with van der Waals surface area (Å²) in [4.78, 5) is 0. The highest BCUT2D eigenvalue weighted by molar-refractivity contribution is 5.85. The van der Waals surface area contributed by atoms with Crippen molar-refractivity contribution in [1.29, 1.82) is 0 Å². The lowest BCUT2D eigenvalue weighted by Crippen LogP contribution is -2.13. The van der Waals surface area contributed by atoms with Crippen molar-refractivity contribution in [2.75, 3.05) is 13.1 Å². The number of rotatable bonds is 0. The van der Waals surface area contributed by atoms with Crippen molar-refractivity contribution in [3.05, 3.63) is 12.2 Å². The zero-order valence-corrected chi connectivity index (χ0v) is 6.47. The molecule has 0 atom stereocenters. The van der Waals surface area contributed by atoms with Gasteiger partial charge >= 0.3 is 0 Å². The van der Waals surface area contributed by atoms with Crippen LogP contribution in [-0.2, 0) is 0 Å². The third-order valence-corrected chi connectivity index (χ3v) is 1.54. The number of halogens is 1. The summed E-state index contributed by atoms with van der Waals surface area (Å²) in [5.41, 5.74) is 1.41. The van der Waals surface area contributed by atoms with Gasteiger partial charge in [0.25, 0.3) is 0 Å². The van der Waals surface area contributed by atoms with Crippen molar-refractivity contribution in [3.63, 3.8) is 0 Å². The first-order valence-electron chi connectivity index (χ1n) is 3.27. The minimum atomic E-state index is 0. The van der Waals surface area contributed by atoms with Crippen LogP contribution < -0.4 is 5.32 Å². The molecule has 0 radical (unpaired) electrons. The average molecular weight is 148 g/mol. The van der Waals surface area contributed by atoms with E-state index < -0.39 is 0 Å². The fourth-order valence-electron chi connectivity index (χ4n) is 0.979. The van der Waals surface area contributed by atoms with Gasteiger partial charge in [-0.15, -0.1) is 12.4 Å². The van der Waals surface area contributed by atoms with Gasteiger partial charge in [-0.25, -0.2) is 0 Å². The lowest BCUT2D eigenvalue weighted by molar-refractivity contribution is 0.703. The molecule has 0 amide bonds. The molecule has 1 saturated heterocycles. The van der Waals surface area contributed by atoms with Gasteiger partial charge in [-0.3, -0.25) is 0 Å². The second-order valence-corrected chi connectivity index (χ2v) is 2.35. The van der Waals surface area contributed by atoms with Gasteiger partial charge in [-0.2, -0.15) is 0 Å². The van der Waals surface area contributed by atoms with Gasteiger partial charge in [0.1, 0.15) is 0 Å². The average Bonchev–Trinajstić information content (AvgIpc) is 1.94. The molecule has 1 aliphatic rings. The Kier molecular flexibility index (Phi) is 4.83. The van der Waals surface area contributed by atoms with Crippen LogP contribution >= 0.6 is 12.4 Å². The Morgan fingerprint density at radius 1 is 1.22 bits per heavy atom. The monoisotopic (exact) mass is 147 g/mol. The molecule has 2 heteroatoms. The Hall–Kier alpha value is -0.0100. The standard InChI is InChI=1S/C7H13N.ClH/c1-7-3-2-5-8-6-4-7;/h8H,1-6H2;1H. The zero-order valence-electron chi connectivity index (χ0n) is 5.65. The fourth-order valence-corrected chi connectivity index (χ4v) is 0.979. The summed E-state index contributed by atoms with van der Waals surface area (Å²) in [6.45, 7) is 6.25. The lowest BCUT2D eigenvalue weighted by atomic mass is 10.1. The Labute approximate surface area is 62.9 Å². The van der Waals surface area contributed by atoms with Gasteiger partial charge in [-0.1, -0.05) is 12.2 Å². The van der Waals surface area contributed by atoms with Gasteiger partial charge in [0.15, 0.2) is 0 Å². The minimum absolute atomic E-state index is 0. The minimum Gasteiger partial charge on any atom is -0.316 e. The van der Waals surface area contributed by atoms with Gasteiger partial charge in [0.05, 0.1) is 0 Å². The van der Waals surface area contributed by atoms with Gasteiger partial charge in [0.2, 0.25) is 0 Å². The SMILES string of the molecule is C=C1CCCNCC1.Cl. The second-order valence-electron chi connectivity index (χ2n) is 2.35. The Morgan fingerprint density at radius 3 is 2.78 bits per heavy atom. The van der Waals surface area contributed by atoms with Gasteiger partial charge in [-0.05, 0) is 32.4 Å². The molecule has 0 aliphatic carbocycles. The molecule has 54 valence electrons. The van der Waals surface area contributed by atoms with Gasteiger partial charge in [0, 0.05) is 0 Å². The van der Waals surface area contributed by atoms with Crippen LogP contribution in [0.1, 0.15) is 19.3 Å². The van der Waals surface area contributed by atoms with E-state index in [0.717, 1.165) is 6.54 Å². The van der Waals surface area contributed by atoms with Crippen LogP contribution in [0.2, 0.25) is 0 Å². The maximum Gasteiger partial charge on any atom is -0.00117 e. The molecule has 0 spiro atoms. The van der Waals surface area contributed by atoms with E-state index in [1.54, 1.807) is 0 Å². The maximum atomic E-state index is 3.93. The smallest absolute Gasteiger partial charge is 0.00117 e.